The SMILES string of the molecule is NS(=O)(=O)c1ccc(-c2ccccc2C(F)(F)F)cc1Cl. The zero-order valence-electron chi connectivity index (χ0n) is 10.4. The molecule has 8 heteroatoms. The van der Waals surface area contributed by atoms with Gasteiger partial charge in [-0.1, -0.05) is 35.9 Å². The van der Waals surface area contributed by atoms with Crippen LogP contribution in [0.2, 0.25) is 5.02 Å². The van der Waals surface area contributed by atoms with Crippen molar-refractivity contribution in [3.05, 3.63) is 53.1 Å². The van der Waals surface area contributed by atoms with Crippen molar-refractivity contribution >= 4 is 21.6 Å². The molecule has 0 atom stereocenters. The van der Waals surface area contributed by atoms with Crippen LogP contribution in [0, 0.1) is 0 Å². The van der Waals surface area contributed by atoms with Crippen molar-refractivity contribution in [3.8, 4) is 11.1 Å². The van der Waals surface area contributed by atoms with E-state index in [0.717, 1.165) is 18.2 Å². The number of benzene rings is 2. The Bertz CT molecular complexity index is 788. The van der Waals surface area contributed by atoms with Gasteiger partial charge in [0.15, 0.2) is 0 Å². The molecule has 2 aromatic carbocycles. The van der Waals surface area contributed by atoms with E-state index in [1.54, 1.807) is 0 Å². The maximum Gasteiger partial charge on any atom is 0.417 e. The molecule has 0 saturated carbocycles. The van der Waals surface area contributed by atoms with Crippen molar-refractivity contribution in [1.29, 1.82) is 0 Å². The van der Waals surface area contributed by atoms with Gasteiger partial charge in [0.1, 0.15) is 4.90 Å². The lowest BCUT2D eigenvalue weighted by Crippen LogP contribution is -2.12. The van der Waals surface area contributed by atoms with E-state index in [1.807, 2.05) is 0 Å². The molecule has 0 bridgehead atoms. The highest BCUT2D eigenvalue weighted by atomic mass is 35.5. The fourth-order valence-electron chi connectivity index (χ4n) is 1.88. The van der Waals surface area contributed by atoms with Crippen molar-refractivity contribution in [2.24, 2.45) is 5.14 Å². The highest BCUT2D eigenvalue weighted by Crippen LogP contribution is 2.38. The number of hydrogen-bond donors (Lipinski definition) is 1. The van der Waals surface area contributed by atoms with Gasteiger partial charge in [0, 0.05) is 0 Å². The van der Waals surface area contributed by atoms with Gasteiger partial charge in [0.2, 0.25) is 10.0 Å². The molecule has 0 unspecified atom stereocenters. The normalized spacial score (nSPS) is 12.4. The first-order valence-electron chi connectivity index (χ1n) is 5.59. The predicted octanol–water partition coefficient (Wildman–Crippen LogP) is 3.67. The average Bonchev–Trinajstić information content (AvgIpc) is 2.36. The van der Waals surface area contributed by atoms with Gasteiger partial charge in [-0.15, -0.1) is 0 Å². The summed E-state index contributed by atoms with van der Waals surface area (Å²) in [6.45, 7) is 0. The molecule has 2 aromatic rings. The molecular weight excluding hydrogens is 327 g/mol. The number of rotatable bonds is 2. The zero-order valence-corrected chi connectivity index (χ0v) is 11.9. The van der Waals surface area contributed by atoms with Gasteiger partial charge < -0.3 is 0 Å². The summed E-state index contributed by atoms with van der Waals surface area (Å²) in [6.07, 6.45) is -4.53. The quantitative estimate of drug-likeness (QED) is 0.910. The second kappa shape index (κ2) is 5.32. The van der Waals surface area contributed by atoms with Gasteiger partial charge in [-0.2, -0.15) is 13.2 Å². The summed E-state index contributed by atoms with van der Waals surface area (Å²) in [5.41, 5.74) is -0.766. The number of alkyl halides is 3. The van der Waals surface area contributed by atoms with E-state index in [9.17, 15) is 21.6 Å². The molecule has 0 aliphatic heterocycles. The van der Waals surface area contributed by atoms with Crippen LogP contribution in [-0.2, 0) is 16.2 Å². The first kappa shape index (κ1) is 15.8. The fourth-order valence-corrected chi connectivity index (χ4v) is 2.97. The summed E-state index contributed by atoms with van der Waals surface area (Å²) >= 11 is 5.79. The summed E-state index contributed by atoms with van der Waals surface area (Å²) in [4.78, 5) is -0.336. The van der Waals surface area contributed by atoms with Crippen LogP contribution in [0.3, 0.4) is 0 Å². The van der Waals surface area contributed by atoms with Gasteiger partial charge in [-0.3, -0.25) is 0 Å². The summed E-state index contributed by atoms with van der Waals surface area (Å²) < 4.78 is 61.3. The predicted molar refractivity (Wildman–Crippen MR) is 73.3 cm³/mol. The Hall–Kier alpha value is -1.57. The Balaban J connectivity index is 2.63. The molecule has 0 aliphatic carbocycles. The molecular formula is C13H9ClF3NO2S. The highest BCUT2D eigenvalue weighted by molar-refractivity contribution is 7.89. The van der Waals surface area contributed by atoms with E-state index < -0.39 is 21.8 Å². The molecule has 2 N–H and O–H groups in total. The largest absolute Gasteiger partial charge is 0.417 e. The lowest BCUT2D eigenvalue weighted by molar-refractivity contribution is -0.137. The molecule has 0 radical (unpaired) electrons. The third kappa shape index (κ3) is 3.37. The van der Waals surface area contributed by atoms with Crippen molar-refractivity contribution in [3.63, 3.8) is 0 Å². The van der Waals surface area contributed by atoms with E-state index in [0.29, 0.717) is 0 Å². The van der Waals surface area contributed by atoms with Gasteiger partial charge >= 0.3 is 6.18 Å². The van der Waals surface area contributed by atoms with Crippen LogP contribution in [0.15, 0.2) is 47.4 Å². The minimum atomic E-state index is -4.53. The first-order chi connectivity index (χ1) is 9.60. The molecule has 0 heterocycles. The monoisotopic (exact) mass is 335 g/mol. The Kier molecular flexibility index (Phi) is 4.01. The summed E-state index contributed by atoms with van der Waals surface area (Å²) in [7, 11) is -4.03. The minimum Gasteiger partial charge on any atom is -0.225 e. The molecule has 2 rings (SSSR count). The van der Waals surface area contributed by atoms with Gasteiger partial charge in [-0.25, -0.2) is 13.6 Å². The van der Waals surface area contributed by atoms with E-state index >= 15 is 0 Å². The fraction of sp³-hybridized carbons (Fsp3) is 0.0769. The van der Waals surface area contributed by atoms with E-state index in [4.69, 9.17) is 16.7 Å². The van der Waals surface area contributed by atoms with Crippen LogP contribution < -0.4 is 5.14 Å². The maximum atomic E-state index is 13.0. The number of nitrogens with two attached hydrogens (primary N) is 1. The van der Waals surface area contributed by atoms with Gasteiger partial charge in [0.05, 0.1) is 10.6 Å². The Morgan fingerprint density at radius 3 is 2.19 bits per heavy atom. The van der Waals surface area contributed by atoms with Crippen molar-refractivity contribution in [2.45, 2.75) is 11.1 Å². The zero-order chi connectivity index (χ0) is 15.8. The second-order valence-corrected chi connectivity index (χ2v) is 6.17. The van der Waals surface area contributed by atoms with Crippen LogP contribution >= 0.6 is 11.6 Å². The van der Waals surface area contributed by atoms with E-state index in [-0.39, 0.29) is 21.0 Å². The highest BCUT2D eigenvalue weighted by Gasteiger charge is 2.33. The number of halogens is 4. The second-order valence-electron chi connectivity index (χ2n) is 4.23. The van der Waals surface area contributed by atoms with Crippen LogP contribution in [-0.4, -0.2) is 8.42 Å². The van der Waals surface area contributed by atoms with Crippen LogP contribution in [0.5, 0.6) is 0 Å². The van der Waals surface area contributed by atoms with E-state index in [1.165, 1.54) is 24.3 Å². The van der Waals surface area contributed by atoms with Crippen molar-refractivity contribution in [2.75, 3.05) is 0 Å². The Morgan fingerprint density at radius 2 is 1.67 bits per heavy atom. The molecule has 0 saturated heterocycles. The molecule has 0 spiro atoms. The summed E-state index contributed by atoms with van der Waals surface area (Å²) in [5, 5.41) is 4.72. The van der Waals surface area contributed by atoms with Gasteiger partial charge in [-0.05, 0) is 29.3 Å². The number of hydrogen-bond acceptors (Lipinski definition) is 2. The van der Waals surface area contributed by atoms with Crippen molar-refractivity contribution in [1.82, 2.24) is 0 Å². The van der Waals surface area contributed by atoms with Crippen LogP contribution in [0.25, 0.3) is 11.1 Å². The molecule has 0 fully saturated rings. The first-order valence-corrected chi connectivity index (χ1v) is 7.52. The minimum absolute atomic E-state index is 0.0899. The standard InChI is InChI=1S/C13H9ClF3NO2S/c14-11-7-8(5-6-12(11)21(18,19)20)9-3-1-2-4-10(9)13(15,16)17/h1-7H,(H2,18,19,20). The smallest absolute Gasteiger partial charge is 0.225 e. The van der Waals surface area contributed by atoms with Crippen molar-refractivity contribution < 1.29 is 21.6 Å². The Labute approximate surface area is 124 Å². The molecule has 0 aliphatic rings. The molecule has 0 amide bonds. The number of sulfonamides is 1. The van der Waals surface area contributed by atoms with Crippen LogP contribution in [0.4, 0.5) is 13.2 Å². The lowest BCUT2D eigenvalue weighted by Gasteiger charge is -2.13. The van der Waals surface area contributed by atoms with E-state index in [2.05, 4.69) is 0 Å². The van der Waals surface area contributed by atoms with Crippen LogP contribution in [0.1, 0.15) is 5.56 Å². The molecule has 3 nitrogen and oxygen atoms in total. The summed E-state index contributed by atoms with van der Waals surface area (Å²) in [6, 6.07) is 8.41. The number of primary sulfonamides is 1. The third-order valence-electron chi connectivity index (χ3n) is 2.78. The average molecular weight is 336 g/mol. The molecule has 0 aromatic heterocycles. The maximum absolute atomic E-state index is 13.0. The third-order valence-corrected chi connectivity index (χ3v) is 4.18. The summed E-state index contributed by atoms with van der Waals surface area (Å²) in [5.74, 6) is 0. The molecule has 112 valence electrons. The topological polar surface area (TPSA) is 60.2 Å². The lowest BCUT2D eigenvalue weighted by atomic mass is 9.99. The van der Waals surface area contributed by atoms with Gasteiger partial charge in [0.25, 0.3) is 0 Å². The molecule has 21 heavy (non-hydrogen) atoms. The Morgan fingerprint density at radius 1 is 1.05 bits per heavy atom.